The van der Waals surface area contributed by atoms with Gasteiger partial charge < -0.3 is 10.2 Å². The van der Waals surface area contributed by atoms with Crippen LogP contribution in [0, 0.1) is 19.8 Å². The zero-order valence-electron chi connectivity index (χ0n) is 16.7. The van der Waals surface area contributed by atoms with E-state index in [-0.39, 0.29) is 17.7 Å². The van der Waals surface area contributed by atoms with Crippen molar-refractivity contribution < 1.29 is 9.59 Å². The van der Waals surface area contributed by atoms with Crippen LogP contribution in [-0.4, -0.2) is 29.8 Å². The van der Waals surface area contributed by atoms with Crippen LogP contribution in [0.3, 0.4) is 0 Å². The van der Waals surface area contributed by atoms with Crippen LogP contribution >= 0.6 is 0 Å². The molecule has 4 nitrogen and oxygen atoms in total. The van der Waals surface area contributed by atoms with Gasteiger partial charge in [0.05, 0.1) is 5.92 Å². The summed E-state index contributed by atoms with van der Waals surface area (Å²) in [5.74, 6) is 0.569. The van der Waals surface area contributed by atoms with E-state index in [0.29, 0.717) is 19.0 Å². The molecular weight excluding hydrogens is 348 g/mol. The monoisotopic (exact) mass is 376 g/mol. The standard InChI is InChI=1S/C24H28N2O2/c1-16-6-3-7-17(2)22(16)24(28)26-13-5-9-20(15-26)23(27)25-21-10-4-8-19(14-21)18-11-12-18/h3-4,6-8,10,14,18,20H,5,9,11-13,15H2,1-2H3,(H,25,27)/t20-/m0/s1. The minimum Gasteiger partial charge on any atom is -0.338 e. The lowest BCUT2D eigenvalue weighted by Gasteiger charge is -2.32. The lowest BCUT2D eigenvalue weighted by molar-refractivity contribution is -0.121. The smallest absolute Gasteiger partial charge is 0.254 e. The molecule has 2 aliphatic rings. The molecule has 28 heavy (non-hydrogen) atoms. The molecule has 1 aliphatic heterocycles. The third kappa shape index (κ3) is 3.96. The summed E-state index contributed by atoms with van der Waals surface area (Å²) in [6.07, 6.45) is 4.17. The Kier molecular flexibility index (Phi) is 5.21. The summed E-state index contributed by atoms with van der Waals surface area (Å²) in [5, 5.41) is 3.08. The van der Waals surface area contributed by atoms with Gasteiger partial charge in [0.25, 0.3) is 5.91 Å². The number of piperidine rings is 1. The summed E-state index contributed by atoms with van der Waals surface area (Å²) in [4.78, 5) is 27.8. The quantitative estimate of drug-likeness (QED) is 0.843. The number of carbonyl (C=O) groups is 2. The van der Waals surface area contributed by atoms with Gasteiger partial charge in [0.1, 0.15) is 0 Å². The average molecular weight is 377 g/mol. The fraction of sp³-hybridized carbons (Fsp3) is 0.417. The number of nitrogens with one attached hydrogen (secondary N) is 1. The molecule has 1 saturated carbocycles. The Balaban J connectivity index is 1.44. The van der Waals surface area contributed by atoms with Gasteiger partial charge in [-0.1, -0.05) is 30.3 Å². The molecule has 1 N–H and O–H groups in total. The molecule has 1 saturated heterocycles. The van der Waals surface area contributed by atoms with Gasteiger partial charge in [-0.05, 0) is 74.3 Å². The van der Waals surface area contributed by atoms with Crippen molar-refractivity contribution in [3.8, 4) is 0 Å². The van der Waals surface area contributed by atoms with Gasteiger partial charge in [-0.25, -0.2) is 0 Å². The molecular formula is C24H28N2O2. The first kappa shape index (κ1) is 18.7. The summed E-state index contributed by atoms with van der Waals surface area (Å²) < 4.78 is 0. The Labute approximate surface area is 166 Å². The van der Waals surface area contributed by atoms with E-state index in [9.17, 15) is 9.59 Å². The predicted molar refractivity (Wildman–Crippen MR) is 112 cm³/mol. The number of hydrogen-bond donors (Lipinski definition) is 1. The Hall–Kier alpha value is -2.62. The number of carbonyl (C=O) groups excluding carboxylic acids is 2. The summed E-state index contributed by atoms with van der Waals surface area (Å²) in [7, 11) is 0. The number of anilines is 1. The van der Waals surface area contributed by atoms with Crippen molar-refractivity contribution >= 4 is 17.5 Å². The fourth-order valence-corrected chi connectivity index (χ4v) is 4.22. The number of aryl methyl sites for hydroxylation is 2. The van der Waals surface area contributed by atoms with Gasteiger partial charge >= 0.3 is 0 Å². The van der Waals surface area contributed by atoms with Crippen LogP contribution in [0.2, 0.25) is 0 Å². The number of hydrogen-bond acceptors (Lipinski definition) is 2. The van der Waals surface area contributed by atoms with Crippen LogP contribution in [0.1, 0.15) is 58.6 Å². The molecule has 4 rings (SSSR count). The molecule has 1 heterocycles. The fourth-order valence-electron chi connectivity index (χ4n) is 4.22. The van der Waals surface area contributed by atoms with E-state index in [2.05, 4.69) is 17.4 Å². The molecule has 1 atom stereocenters. The van der Waals surface area contributed by atoms with Crippen molar-refractivity contribution in [2.24, 2.45) is 5.92 Å². The zero-order chi connectivity index (χ0) is 19.7. The lowest BCUT2D eigenvalue weighted by atomic mass is 9.95. The molecule has 0 spiro atoms. The van der Waals surface area contributed by atoms with Crippen molar-refractivity contribution in [2.45, 2.75) is 45.4 Å². The summed E-state index contributed by atoms with van der Waals surface area (Å²) in [6, 6.07) is 14.1. The maximum atomic E-state index is 13.1. The van der Waals surface area contributed by atoms with Gasteiger partial charge in [0.2, 0.25) is 5.91 Å². The second-order valence-electron chi connectivity index (χ2n) is 8.25. The Morgan fingerprint density at radius 3 is 2.43 bits per heavy atom. The number of rotatable bonds is 4. The van der Waals surface area contributed by atoms with E-state index in [1.165, 1.54) is 18.4 Å². The molecule has 2 amide bonds. The Morgan fingerprint density at radius 1 is 1.00 bits per heavy atom. The minimum absolute atomic E-state index is 0.0203. The molecule has 0 unspecified atom stereocenters. The molecule has 0 aromatic heterocycles. The number of amides is 2. The highest BCUT2D eigenvalue weighted by Crippen LogP contribution is 2.40. The number of likely N-dealkylation sites (tertiary alicyclic amines) is 1. The normalized spacial score (nSPS) is 19.4. The van der Waals surface area contributed by atoms with E-state index >= 15 is 0 Å². The number of nitrogens with zero attached hydrogens (tertiary/aromatic N) is 1. The topological polar surface area (TPSA) is 49.4 Å². The SMILES string of the molecule is Cc1cccc(C)c1C(=O)N1CCC[C@H](C(=O)Nc2cccc(C3CC3)c2)C1. The maximum absolute atomic E-state index is 13.1. The summed E-state index contributed by atoms with van der Waals surface area (Å²) in [6.45, 7) is 5.15. The Bertz CT molecular complexity index is 881. The summed E-state index contributed by atoms with van der Waals surface area (Å²) >= 11 is 0. The zero-order valence-corrected chi connectivity index (χ0v) is 16.7. The third-order valence-corrected chi connectivity index (χ3v) is 5.98. The lowest BCUT2D eigenvalue weighted by Crippen LogP contribution is -2.44. The highest BCUT2D eigenvalue weighted by atomic mass is 16.2. The van der Waals surface area contributed by atoms with E-state index in [1.54, 1.807) is 0 Å². The van der Waals surface area contributed by atoms with Crippen LogP contribution in [0.5, 0.6) is 0 Å². The van der Waals surface area contributed by atoms with Gasteiger partial charge in [-0.3, -0.25) is 9.59 Å². The van der Waals surface area contributed by atoms with Crippen LogP contribution in [0.15, 0.2) is 42.5 Å². The first-order chi connectivity index (χ1) is 13.5. The van der Waals surface area contributed by atoms with E-state index in [4.69, 9.17) is 0 Å². The Morgan fingerprint density at radius 2 is 1.71 bits per heavy atom. The molecule has 0 bridgehead atoms. The molecule has 2 aromatic carbocycles. The molecule has 2 aromatic rings. The molecule has 1 aliphatic carbocycles. The second-order valence-corrected chi connectivity index (χ2v) is 8.25. The third-order valence-electron chi connectivity index (χ3n) is 5.98. The molecule has 0 radical (unpaired) electrons. The highest BCUT2D eigenvalue weighted by molar-refractivity contribution is 5.98. The van der Waals surface area contributed by atoms with Gasteiger partial charge in [-0.2, -0.15) is 0 Å². The van der Waals surface area contributed by atoms with Gasteiger partial charge in [0, 0.05) is 24.3 Å². The highest BCUT2D eigenvalue weighted by Gasteiger charge is 2.30. The minimum atomic E-state index is -0.161. The first-order valence-electron chi connectivity index (χ1n) is 10.3. The van der Waals surface area contributed by atoms with Crippen LogP contribution in [0.25, 0.3) is 0 Å². The molecule has 146 valence electrons. The van der Waals surface area contributed by atoms with Crippen LogP contribution in [0.4, 0.5) is 5.69 Å². The van der Waals surface area contributed by atoms with Crippen molar-refractivity contribution in [2.75, 3.05) is 18.4 Å². The molecule has 2 fully saturated rings. The molecule has 4 heteroatoms. The largest absolute Gasteiger partial charge is 0.338 e. The average Bonchev–Trinajstić information content (AvgIpc) is 3.53. The second kappa shape index (κ2) is 7.78. The number of benzene rings is 2. The van der Waals surface area contributed by atoms with E-state index in [0.717, 1.165) is 35.2 Å². The van der Waals surface area contributed by atoms with Crippen molar-refractivity contribution in [3.05, 3.63) is 64.7 Å². The van der Waals surface area contributed by atoms with Gasteiger partial charge in [0.15, 0.2) is 0 Å². The maximum Gasteiger partial charge on any atom is 0.254 e. The predicted octanol–water partition coefficient (Wildman–Crippen LogP) is 4.67. The van der Waals surface area contributed by atoms with Crippen molar-refractivity contribution in [3.63, 3.8) is 0 Å². The van der Waals surface area contributed by atoms with Crippen LogP contribution < -0.4 is 5.32 Å². The summed E-state index contributed by atoms with van der Waals surface area (Å²) in [5.41, 5.74) is 4.95. The van der Waals surface area contributed by atoms with Crippen molar-refractivity contribution in [1.29, 1.82) is 0 Å². The van der Waals surface area contributed by atoms with Crippen LogP contribution in [-0.2, 0) is 4.79 Å². The van der Waals surface area contributed by atoms with E-state index < -0.39 is 0 Å². The van der Waals surface area contributed by atoms with E-state index in [1.807, 2.05) is 49.1 Å². The first-order valence-corrected chi connectivity index (χ1v) is 10.3. The van der Waals surface area contributed by atoms with Crippen molar-refractivity contribution in [1.82, 2.24) is 4.90 Å². The van der Waals surface area contributed by atoms with Gasteiger partial charge in [-0.15, -0.1) is 0 Å².